The lowest BCUT2D eigenvalue weighted by Crippen LogP contribution is -2.12. The normalized spacial score (nSPS) is 18.1. The van der Waals surface area contributed by atoms with Crippen molar-refractivity contribution in [3.63, 3.8) is 0 Å². The zero-order valence-corrected chi connectivity index (χ0v) is 9.28. The zero-order valence-electron chi connectivity index (χ0n) is 8.46. The summed E-state index contributed by atoms with van der Waals surface area (Å²) >= 11 is 1.77. The van der Waals surface area contributed by atoms with Gasteiger partial charge in [-0.2, -0.15) is 0 Å². The molecule has 1 aromatic rings. The lowest BCUT2D eigenvalue weighted by Gasteiger charge is -2.11. The molecule has 1 heterocycles. The Labute approximate surface area is 87.6 Å². The van der Waals surface area contributed by atoms with E-state index in [2.05, 4.69) is 19.9 Å². The minimum Gasteiger partial charge on any atom is -0.481 e. The number of hydrogen-bond donors (Lipinski definition) is 1. The molecule has 0 radical (unpaired) electrons. The number of rotatable bonds is 3. The minimum absolute atomic E-state index is 0.0132. The van der Waals surface area contributed by atoms with Gasteiger partial charge >= 0.3 is 5.97 Å². The summed E-state index contributed by atoms with van der Waals surface area (Å²) < 4.78 is 0. The van der Waals surface area contributed by atoms with Crippen LogP contribution in [0.4, 0.5) is 0 Å². The molecule has 0 unspecified atom stereocenters. The van der Waals surface area contributed by atoms with Gasteiger partial charge in [0.2, 0.25) is 0 Å². The van der Waals surface area contributed by atoms with E-state index in [1.54, 1.807) is 11.3 Å². The Morgan fingerprint density at radius 2 is 2.21 bits per heavy atom. The number of carboxylic acids is 1. The Morgan fingerprint density at radius 3 is 2.57 bits per heavy atom. The minimum atomic E-state index is -0.675. The van der Waals surface area contributed by atoms with E-state index in [4.69, 9.17) is 5.11 Å². The molecule has 1 fully saturated rings. The molecule has 76 valence electrons. The van der Waals surface area contributed by atoms with Gasteiger partial charge in [-0.25, -0.2) is 0 Å². The third kappa shape index (κ3) is 1.57. The molecule has 2 rings (SSSR count). The van der Waals surface area contributed by atoms with Gasteiger partial charge in [0.15, 0.2) is 0 Å². The largest absolute Gasteiger partial charge is 0.481 e. The number of hydrogen-bond acceptors (Lipinski definition) is 2. The third-order valence-corrected chi connectivity index (χ3v) is 3.92. The second-order valence-electron chi connectivity index (χ2n) is 4.18. The first-order chi connectivity index (χ1) is 6.53. The van der Waals surface area contributed by atoms with Gasteiger partial charge in [-0.3, -0.25) is 4.79 Å². The zero-order chi connectivity index (χ0) is 10.3. The second kappa shape index (κ2) is 3.09. The number of carboxylic acid groups (broad SMARTS) is 1. The van der Waals surface area contributed by atoms with E-state index in [-0.39, 0.29) is 5.41 Å². The van der Waals surface area contributed by atoms with E-state index in [0.29, 0.717) is 6.42 Å². The molecule has 3 heteroatoms. The van der Waals surface area contributed by atoms with Crippen molar-refractivity contribution < 1.29 is 9.90 Å². The predicted molar refractivity (Wildman–Crippen MR) is 57.0 cm³/mol. The molecule has 1 aliphatic carbocycles. The van der Waals surface area contributed by atoms with E-state index >= 15 is 0 Å². The van der Waals surface area contributed by atoms with Gasteiger partial charge in [-0.15, -0.1) is 11.3 Å². The highest BCUT2D eigenvalue weighted by Gasteiger charge is 2.47. The Balaban J connectivity index is 2.30. The summed E-state index contributed by atoms with van der Waals surface area (Å²) in [6.45, 7) is 4.17. The summed E-state index contributed by atoms with van der Waals surface area (Å²) in [4.78, 5) is 13.3. The van der Waals surface area contributed by atoms with E-state index in [0.717, 1.165) is 12.8 Å². The van der Waals surface area contributed by atoms with E-state index in [9.17, 15) is 4.79 Å². The maximum atomic E-state index is 10.7. The van der Waals surface area contributed by atoms with Crippen molar-refractivity contribution in [2.75, 3.05) is 0 Å². The van der Waals surface area contributed by atoms with Crippen LogP contribution in [0.5, 0.6) is 0 Å². The average Bonchev–Trinajstić information content (AvgIpc) is 2.72. The second-order valence-corrected chi connectivity index (χ2v) is 5.64. The van der Waals surface area contributed by atoms with E-state index in [1.165, 1.54) is 15.3 Å². The van der Waals surface area contributed by atoms with Crippen LogP contribution < -0.4 is 0 Å². The lowest BCUT2D eigenvalue weighted by molar-refractivity contribution is -0.137. The molecule has 0 spiro atoms. The third-order valence-electron chi connectivity index (χ3n) is 2.96. The van der Waals surface area contributed by atoms with Gasteiger partial charge < -0.3 is 5.11 Å². The fourth-order valence-electron chi connectivity index (χ4n) is 2.14. The standard InChI is InChI=1S/C11H14O2S/c1-7-5-9(8(2)14-7)11(3-4-11)6-10(12)13/h5H,3-4,6H2,1-2H3,(H,12,13). The van der Waals surface area contributed by atoms with Crippen LogP contribution in [-0.2, 0) is 10.2 Å². The van der Waals surface area contributed by atoms with Crippen molar-refractivity contribution in [1.82, 2.24) is 0 Å². The predicted octanol–water partition coefficient (Wildman–Crippen LogP) is 2.87. The van der Waals surface area contributed by atoms with Crippen LogP contribution in [0.2, 0.25) is 0 Å². The van der Waals surface area contributed by atoms with Gasteiger partial charge in [0.05, 0.1) is 6.42 Å². The van der Waals surface area contributed by atoms with Crippen LogP contribution in [-0.4, -0.2) is 11.1 Å². The highest BCUT2D eigenvalue weighted by Crippen LogP contribution is 2.53. The van der Waals surface area contributed by atoms with Gasteiger partial charge in [-0.05, 0) is 38.3 Å². The molecule has 1 N–H and O–H groups in total. The summed E-state index contributed by atoms with van der Waals surface area (Å²) in [7, 11) is 0. The highest BCUT2D eigenvalue weighted by atomic mass is 32.1. The smallest absolute Gasteiger partial charge is 0.304 e. The Kier molecular flexibility index (Phi) is 2.14. The van der Waals surface area contributed by atoms with Crippen LogP contribution >= 0.6 is 11.3 Å². The van der Waals surface area contributed by atoms with Crippen LogP contribution in [0.25, 0.3) is 0 Å². The fraction of sp³-hybridized carbons (Fsp3) is 0.545. The quantitative estimate of drug-likeness (QED) is 0.833. The first kappa shape index (κ1) is 9.71. The van der Waals surface area contributed by atoms with E-state index < -0.39 is 5.97 Å². The molecule has 2 nitrogen and oxygen atoms in total. The van der Waals surface area contributed by atoms with Gasteiger partial charge in [0.25, 0.3) is 0 Å². The first-order valence-electron chi connectivity index (χ1n) is 4.83. The molecule has 0 amide bonds. The van der Waals surface area contributed by atoms with Gasteiger partial charge in [-0.1, -0.05) is 0 Å². The average molecular weight is 210 g/mol. The molecule has 0 aromatic carbocycles. The summed E-state index contributed by atoms with van der Waals surface area (Å²) in [5.41, 5.74) is 1.27. The summed E-state index contributed by atoms with van der Waals surface area (Å²) in [6.07, 6.45) is 2.37. The van der Waals surface area contributed by atoms with Crippen LogP contribution in [0, 0.1) is 13.8 Å². The summed E-state index contributed by atoms with van der Waals surface area (Å²) in [5, 5.41) is 8.85. The molecule has 0 saturated heterocycles. The molecular weight excluding hydrogens is 196 g/mol. The van der Waals surface area contributed by atoms with Crippen molar-refractivity contribution in [2.45, 2.75) is 38.5 Å². The van der Waals surface area contributed by atoms with Crippen LogP contribution in [0.3, 0.4) is 0 Å². The first-order valence-corrected chi connectivity index (χ1v) is 5.64. The number of aryl methyl sites for hydroxylation is 2. The SMILES string of the molecule is Cc1cc(C2(CC(=O)O)CC2)c(C)s1. The monoisotopic (exact) mass is 210 g/mol. The molecular formula is C11H14O2S. The van der Waals surface area contributed by atoms with Crippen molar-refractivity contribution in [3.05, 3.63) is 21.4 Å². The van der Waals surface area contributed by atoms with Crippen molar-refractivity contribution in [3.8, 4) is 0 Å². The molecule has 0 aliphatic heterocycles. The molecule has 1 aromatic heterocycles. The fourth-order valence-corrected chi connectivity index (χ4v) is 3.18. The summed E-state index contributed by atoms with van der Waals surface area (Å²) in [6, 6.07) is 2.16. The van der Waals surface area contributed by atoms with Crippen molar-refractivity contribution >= 4 is 17.3 Å². The maximum absolute atomic E-state index is 10.7. The van der Waals surface area contributed by atoms with Crippen LogP contribution in [0.15, 0.2) is 6.07 Å². The summed E-state index contributed by atoms with van der Waals surface area (Å²) in [5.74, 6) is -0.675. The Hall–Kier alpha value is -0.830. The molecule has 1 saturated carbocycles. The molecule has 14 heavy (non-hydrogen) atoms. The number of thiophene rings is 1. The lowest BCUT2D eigenvalue weighted by atomic mass is 9.93. The van der Waals surface area contributed by atoms with Crippen molar-refractivity contribution in [2.24, 2.45) is 0 Å². The van der Waals surface area contributed by atoms with Crippen molar-refractivity contribution in [1.29, 1.82) is 0 Å². The molecule has 0 atom stereocenters. The number of carbonyl (C=O) groups is 1. The Morgan fingerprint density at radius 1 is 1.57 bits per heavy atom. The van der Waals surface area contributed by atoms with Crippen LogP contribution in [0.1, 0.15) is 34.6 Å². The van der Waals surface area contributed by atoms with E-state index in [1.807, 2.05) is 0 Å². The highest BCUT2D eigenvalue weighted by molar-refractivity contribution is 7.12. The number of aliphatic carboxylic acids is 1. The van der Waals surface area contributed by atoms with Gasteiger partial charge in [0, 0.05) is 15.2 Å². The topological polar surface area (TPSA) is 37.3 Å². The molecule has 0 bridgehead atoms. The Bertz CT molecular complexity index is 375. The maximum Gasteiger partial charge on any atom is 0.304 e. The van der Waals surface area contributed by atoms with Gasteiger partial charge in [0.1, 0.15) is 0 Å². The molecule has 1 aliphatic rings.